The van der Waals surface area contributed by atoms with Crippen LogP contribution >= 0.6 is 0 Å². The van der Waals surface area contributed by atoms with Crippen molar-refractivity contribution in [2.45, 2.75) is 58.1 Å². The first-order valence-corrected chi connectivity index (χ1v) is 11.7. The molecule has 0 radical (unpaired) electrons. The highest BCUT2D eigenvalue weighted by Crippen LogP contribution is 2.46. The number of anilines is 1. The van der Waals surface area contributed by atoms with E-state index in [-0.39, 0.29) is 12.1 Å². The van der Waals surface area contributed by atoms with Gasteiger partial charge in [-0.1, -0.05) is 0 Å². The lowest BCUT2D eigenvalue weighted by atomic mass is 10.1. The number of carbonyl (C=O) groups excluding carboxylic acids is 1. The summed E-state index contributed by atoms with van der Waals surface area (Å²) in [7, 11) is 0. The van der Waals surface area contributed by atoms with Crippen LogP contribution in [0.3, 0.4) is 0 Å². The molecule has 34 heavy (non-hydrogen) atoms. The van der Waals surface area contributed by atoms with E-state index in [2.05, 4.69) is 34.1 Å². The zero-order valence-electron chi connectivity index (χ0n) is 20.0. The van der Waals surface area contributed by atoms with E-state index in [1.807, 2.05) is 25.3 Å². The molecule has 1 aliphatic carbocycles. The Hall–Kier alpha value is -3.67. The first kappa shape index (κ1) is 22.1. The van der Waals surface area contributed by atoms with Gasteiger partial charge in [0.25, 0.3) is 0 Å². The molecule has 0 aromatic carbocycles. The monoisotopic (exact) mass is 459 g/mol. The highest BCUT2D eigenvalue weighted by atomic mass is 16.6. The Morgan fingerprint density at radius 1 is 1.21 bits per heavy atom. The van der Waals surface area contributed by atoms with Crippen molar-refractivity contribution in [3.05, 3.63) is 42.0 Å². The van der Waals surface area contributed by atoms with Gasteiger partial charge in [0.05, 0.1) is 17.0 Å². The fraction of sp³-hybridized carbons (Fsp3) is 0.480. The Morgan fingerprint density at radius 3 is 2.68 bits per heavy atom. The molecule has 1 saturated heterocycles. The van der Waals surface area contributed by atoms with Crippen LogP contribution in [0.2, 0.25) is 0 Å². The number of pyridine rings is 1. The topological polar surface area (TPSA) is 100 Å². The Kier molecular flexibility index (Phi) is 5.39. The van der Waals surface area contributed by atoms with E-state index < -0.39 is 5.60 Å². The molecule has 2 fully saturated rings. The van der Waals surface area contributed by atoms with Crippen LogP contribution in [-0.4, -0.2) is 61.8 Å². The highest BCUT2D eigenvalue weighted by molar-refractivity contribution is 5.93. The maximum Gasteiger partial charge on any atom is 0.410 e. The SMILES string of the molecule is C[C@H]1CN(C(=O)OC(C)(C)C)CCN1c1ncnc2c1c(C1CC1)cn2-c1cc(C#N)ccn1. The van der Waals surface area contributed by atoms with Crippen LogP contribution < -0.4 is 4.90 Å². The van der Waals surface area contributed by atoms with Gasteiger partial charge in [-0.25, -0.2) is 19.7 Å². The Labute approximate surface area is 199 Å². The second-order valence-electron chi connectivity index (χ2n) is 10.1. The van der Waals surface area contributed by atoms with E-state index in [0.717, 1.165) is 29.7 Å². The van der Waals surface area contributed by atoms with Crippen molar-refractivity contribution >= 4 is 22.9 Å². The zero-order valence-corrected chi connectivity index (χ0v) is 20.0. The molecule has 4 heterocycles. The predicted molar refractivity (Wildman–Crippen MR) is 128 cm³/mol. The van der Waals surface area contributed by atoms with E-state index in [1.54, 1.807) is 29.6 Å². The van der Waals surface area contributed by atoms with Crippen LogP contribution in [0.1, 0.15) is 57.6 Å². The molecular formula is C25H29N7O2. The summed E-state index contributed by atoms with van der Waals surface area (Å²) in [5.41, 5.74) is 2.05. The summed E-state index contributed by atoms with van der Waals surface area (Å²) in [4.78, 5) is 30.5. The summed E-state index contributed by atoms with van der Waals surface area (Å²) in [5, 5.41) is 10.4. The number of fused-ring (bicyclic) bond motifs is 1. The van der Waals surface area contributed by atoms with Gasteiger partial charge in [-0.3, -0.25) is 4.57 Å². The van der Waals surface area contributed by atoms with E-state index in [0.29, 0.717) is 36.9 Å². The molecular weight excluding hydrogens is 430 g/mol. The molecule has 0 unspecified atom stereocenters. The summed E-state index contributed by atoms with van der Waals surface area (Å²) in [6.07, 6.45) is 7.34. The van der Waals surface area contributed by atoms with Crippen molar-refractivity contribution in [3.8, 4) is 11.9 Å². The number of carbonyl (C=O) groups is 1. The van der Waals surface area contributed by atoms with E-state index in [9.17, 15) is 10.1 Å². The number of amides is 1. The van der Waals surface area contributed by atoms with Gasteiger partial charge in [-0.15, -0.1) is 0 Å². The van der Waals surface area contributed by atoms with Crippen molar-refractivity contribution in [1.29, 1.82) is 5.26 Å². The zero-order chi connectivity index (χ0) is 24.0. The number of rotatable bonds is 3. The third kappa shape index (κ3) is 4.16. The molecule has 0 N–H and O–H groups in total. The second kappa shape index (κ2) is 8.28. The second-order valence-corrected chi connectivity index (χ2v) is 10.1. The van der Waals surface area contributed by atoms with Crippen molar-refractivity contribution in [2.24, 2.45) is 0 Å². The van der Waals surface area contributed by atoms with Gasteiger partial charge in [-0.2, -0.15) is 5.26 Å². The van der Waals surface area contributed by atoms with Crippen molar-refractivity contribution < 1.29 is 9.53 Å². The van der Waals surface area contributed by atoms with Crippen molar-refractivity contribution in [2.75, 3.05) is 24.5 Å². The Morgan fingerprint density at radius 2 is 2.00 bits per heavy atom. The maximum atomic E-state index is 12.6. The summed E-state index contributed by atoms with van der Waals surface area (Å²) < 4.78 is 7.55. The lowest BCUT2D eigenvalue weighted by Gasteiger charge is -2.41. The quantitative estimate of drug-likeness (QED) is 0.583. The molecule has 9 heteroatoms. The van der Waals surface area contributed by atoms with Crippen LogP contribution in [0.15, 0.2) is 30.9 Å². The average molecular weight is 460 g/mol. The van der Waals surface area contributed by atoms with Gasteiger partial charge in [0.2, 0.25) is 0 Å². The first-order valence-electron chi connectivity index (χ1n) is 11.7. The maximum absolute atomic E-state index is 12.6. The first-order chi connectivity index (χ1) is 16.2. The molecule has 1 atom stereocenters. The number of ether oxygens (including phenoxy) is 1. The number of nitrogens with zero attached hydrogens (tertiary/aromatic N) is 7. The summed E-state index contributed by atoms with van der Waals surface area (Å²) in [6, 6.07) is 5.73. The van der Waals surface area contributed by atoms with Crippen molar-refractivity contribution in [3.63, 3.8) is 0 Å². The largest absolute Gasteiger partial charge is 0.444 e. The van der Waals surface area contributed by atoms with Gasteiger partial charge in [0, 0.05) is 38.1 Å². The molecule has 3 aromatic heterocycles. The van der Waals surface area contributed by atoms with E-state index in [1.165, 1.54) is 5.56 Å². The number of piperazine rings is 1. The van der Waals surface area contributed by atoms with Crippen LogP contribution in [0, 0.1) is 11.3 Å². The van der Waals surface area contributed by atoms with Crippen LogP contribution in [0.4, 0.5) is 10.6 Å². The molecule has 5 rings (SSSR count). The van der Waals surface area contributed by atoms with E-state index in [4.69, 9.17) is 9.72 Å². The van der Waals surface area contributed by atoms with Gasteiger partial charge >= 0.3 is 6.09 Å². The number of nitriles is 1. The predicted octanol–water partition coefficient (Wildman–Crippen LogP) is 4.01. The van der Waals surface area contributed by atoms with Gasteiger partial charge in [0.15, 0.2) is 5.65 Å². The molecule has 0 spiro atoms. The minimum Gasteiger partial charge on any atom is -0.444 e. The minimum atomic E-state index is -0.519. The summed E-state index contributed by atoms with van der Waals surface area (Å²) in [6.45, 7) is 9.54. The minimum absolute atomic E-state index is 0.0646. The number of hydrogen-bond donors (Lipinski definition) is 0. The third-order valence-corrected chi connectivity index (χ3v) is 6.28. The molecule has 2 aliphatic rings. The fourth-order valence-electron chi connectivity index (χ4n) is 4.55. The lowest BCUT2D eigenvalue weighted by Crippen LogP contribution is -2.54. The Bertz CT molecular complexity index is 1280. The molecule has 1 aliphatic heterocycles. The molecule has 9 nitrogen and oxygen atoms in total. The summed E-state index contributed by atoms with van der Waals surface area (Å²) in [5.74, 6) is 2.04. The van der Waals surface area contributed by atoms with Crippen LogP contribution in [-0.2, 0) is 4.74 Å². The third-order valence-electron chi connectivity index (χ3n) is 6.28. The molecule has 3 aromatic rings. The summed E-state index contributed by atoms with van der Waals surface area (Å²) >= 11 is 0. The van der Waals surface area contributed by atoms with Crippen LogP contribution in [0.5, 0.6) is 0 Å². The molecule has 1 saturated carbocycles. The van der Waals surface area contributed by atoms with Gasteiger partial charge in [0.1, 0.15) is 23.6 Å². The number of aromatic nitrogens is 4. The molecule has 0 bridgehead atoms. The van der Waals surface area contributed by atoms with Crippen LogP contribution in [0.25, 0.3) is 16.9 Å². The normalized spacial score (nSPS) is 18.7. The highest BCUT2D eigenvalue weighted by Gasteiger charge is 2.34. The van der Waals surface area contributed by atoms with E-state index >= 15 is 0 Å². The molecule has 1 amide bonds. The molecule has 176 valence electrons. The lowest BCUT2D eigenvalue weighted by molar-refractivity contribution is 0.0218. The van der Waals surface area contributed by atoms with Gasteiger partial charge < -0.3 is 14.5 Å². The number of hydrogen-bond acceptors (Lipinski definition) is 7. The Balaban J connectivity index is 1.51. The fourth-order valence-corrected chi connectivity index (χ4v) is 4.55. The average Bonchev–Trinajstić information content (AvgIpc) is 3.57. The standard InChI is InChI=1S/C25H29N7O2/c1-16-13-30(24(33)34-25(2,3)4)9-10-31(16)22-21-19(18-5-6-18)14-32(23(21)29-15-28-22)20-11-17(12-26)7-8-27-20/h7-8,11,14-16,18H,5-6,9-10,13H2,1-4H3/t16-/m0/s1. The van der Waals surface area contributed by atoms with Gasteiger partial charge in [-0.05, 0) is 64.2 Å². The smallest absolute Gasteiger partial charge is 0.410 e. The van der Waals surface area contributed by atoms with Crippen molar-refractivity contribution in [1.82, 2.24) is 24.4 Å².